The Bertz CT molecular complexity index is 1920. The molecule has 1 amide bonds. The van der Waals surface area contributed by atoms with Gasteiger partial charge in [0.2, 0.25) is 11.7 Å². The van der Waals surface area contributed by atoms with Crippen molar-refractivity contribution in [1.82, 2.24) is 19.8 Å². The lowest BCUT2D eigenvalue weighted by molar-refractivity contribution is -0.142. The number of nitrogens with zero attached hydrogens (tertiary/aromatic N) is 6. The lowest BCUT2D eigenvalue weighted by atomic mass is 9.94. The quantitative estimate of drug-likeness (QED) is 0.179. The Balaban J connectivity index is 1.84. The molecule has 5 rings (SSSR count). The molecular weight excluding hydrogens is 666 g/mol. The first-order valence-corrected chi connectivity index (χ1v) is 14.8. The SMILES string of the molecule is C=CC(=O)N1CCN(C2=C(C#N)C(O)N(c3c(C)ccnc3C(C)C)c3nc(-c4c(O)c(F)c(F)c(C(F)(F)F)c4F)c(Cl)cc32)CC1. The van der Waals surface area contributed by atoms with Crippen molar-refractivity contribution in [3.8, 4) is 23.1 Å². The van der Waals surface area contributed by atoms with E-state index < -0.39 is 57.4 Å². The van der Waals surface area contributed by atoms with Crippen LogP contribution in [0.3, 0.4) is 0 Å². The van der Waals surface area contributed by atoms with Crippen LogP contribution in [0.25, 0.3) is 17.0 Å². The molecule has 0 bridgehead atoms. The van der Waals surface area contributed by atoms with Gasteiger partial charge in [0.05, 0.1) is 33.4 Å². The van der Waals surface area contributed by atoms with E-state index in [0.29, 0.717) is 11.3 Å². The molecule has 1 unspecified atom stereocenters. The molecule has 2 N–H and O–H groups in total. The van der Waals surface area contributed by atoms with Gasteiger partial charge in [-0.05, 0) is 36.6 Å². The van der Waals surface area contributed by atoms with E-state index >= 15 is 4.39 Å². The van der Waals surface area contributed by atoms with Crippen LogP contribution in [0.5, 0.6) is 5.75 Å². The van der Waals surface area contributed by atoms with Crippen LogP contribution >= 0.6 is 11.6 Å². The van der Waals surface area contributed by atoms with E-state index in [1.54, 1.807) is 31.7 Å². The van der Waals surface area contributed by atoms with E-state index in [2.05, 4.69) is 16.5 Å². The van der Waals surface area contributed by atoms with Gasteiger partial charge in [-0.1, -0.05) is 32.0 Å². The molecule has 16 heteroatoms. The minimum absolute atomic E-state index is 0.0607. The zero-order valence-electron chi connectivity index (χ0n) is 25.6. The highest BCUT2D eigenvalue weighted by Gasteiger charge is 2.44. The number of benzene rings is 1. The van der Waals surface area contributed by atoms with Crippen LogP contribution in [0.4, 0.5) is 37.8 Å². The molecule has 0 radical (unpaired) electrons. The minimum atomic E-state index is -5.72. The van der Waals surface area contributed by atoms with Crippen molar-refractivity contribution < 1.29 is 41.4 Å². The maximum atomic E-state index is 15.6. The van der Waals surface area contributed by atoms with Crippen molar-refractivity contribution in [2.75, 3.05) is 31.1 Å². The van der Waals surface area contributed by atoms with Crippen molar-refractivity contribution in [1.29, 1.82) is 5.26 Å². The van der Waals surface area contributed by atoms with Gasteiger partial charge in [0.25, 0.3) is 0 Å². The Morgan fingerprint density at radius 3 is 2.38 bits per heavy atom. The molecule has 2 aliphatic rings. The monoisotopic (exact) mass is 692 g/mol. The second-order valence-corrected chi connectivity index (χ2v) is 11.8. The number of halogens is 7. The van der Waals surface area contributed by atoms with Crippen LogP contribution in [0.1, 0.15) is 42.1 Å². The summed E-state index contributed by atoms with van der Waals surface area (Å²) in [5.41, 5.74) is -3.80. The van der Waals surface area contributed by atoms with Gasteiger partial charge < -0.3 is 20.0 Å². The molecule has 252 valence electrons. The number of nitriles is 1. The van der Waals surface area contributed by atoms with E-state index in [0.717, 1.165) is 12.1 Å². The van der Waals surface area contributed by atoms with Crippen LogP contribution in [0.15, 0.2) is 36.6 Å². The van der Waals surface area contributed by atoms with Crippen molar-refractivity contribution >= 4 is 34.7 Å². The first-order chi connectivity index (χ1) is 22.5. The molecule has 0 spiro atoms. The molecule has 0 aliphatic carbocycles. The fraction of sp³-hybridized carbons (Fsp3) is 0.312. The summed E-state index contributed by atoms with van der Waals surface area (Å²) in [7, 11) is 0. The number of hydrogen-bond acceptors (Lipinski definition) is 8. The van der Waals surface area contributed by atoms with Gasteiger partial charge >= 0.3 is 6.18 Å². The van der Waals surface area contributed by atoms with E-state index in [-0.39, 0.29) is 66.3 Å². The van der Waals surface area contributed by atoms with Crippen LogP contribution in [0.2, 0.25) is 5.02 Å². The lowest BCUT2D eigenvalue weighted by Gasteiger charge is -2.43. The van der Waals surface area contributed by atoms with Crippen LogP contribution in [0, 0.1) is 35.7 Å². The van der Waals surface area contributed by atoms with Crippen LogP contribution in [-0.4, -0.2) is 68.3 Å². The summed E-state index contributed by atoms with van der Waals surface area (Å²) >= 11 is 6.50. The van der Waals surface area contributed by atoms with Crippen LogP contribution < -0.4 is 4.90 Å². The second-order valence-electron chi connectivity index (χ2n) is 11.4. The number of aromatic nitrogens is 2. The van der Waals surface area contributed by atoms with E-state index in [1.165, 1.54) is 16.0 Å². The Kier molecular flexibility index (Phi) is 9.11. The zero-order valence-corrected chi connectivity index (χ0v) is 26.4. The predicted molar refractivity (Wildman–Crippen MR) is 163 cm³/mol. The van der Waals surface area contributed by atoms with Crippen molar-refractivity contribution in [3.05, 3.63) is 81.4 Å². The number of phenols is 1. The summed E-state index contributed by atoms with van der Waals surface area (Å²) in [6.45, 7) is 9.44. The second kappa shape index (κ2) is 12.7. The summed E-state index contributed by atoms with van der Waals surface area (Å²) in [5.74, 6) is -10.1. The molecule has 1 fully saturated rings. The number of anilines is 2. The number of piperazine rings is 1. The van der Waals surface area contributed by atoms with E-state index in [9.17, 15) is 42.2 Å². The number of amides is 1. The first kappa shape index (κ1) is 34.5. The molecular formula is C32H27ClF6N6O3. The van der Waals surface area contributed by atoms with Crippen LogP contribution in [-0.2, 0) is 11.0 Å². The van der Waals surface area contributed by atoms with Crippen molar-refractivity contribution in [2.24, 2.45) is 0 Å². The molecule has 4 heterocycles. The Morgan fingerprint density at radius 1 is 1.17 bits per heavy atom. The molecule has 1 aromatic carbocycles. The number of pyridine rings is 2. The molecule has 1 atom stereocenters. The van der Waals surface area contributed by atoms with E-state index in [1.807, 2.05) is 6.07 Å². The molecule has 2 aromatic heterocycles. The van der Waals surface area contributed by atoms with Crippen molar-refractivity contribution in [2.45, 2.75) is 39.1 Å². The van der Waals surface area contributed by atoms with Gasteiger partial charge in [0, 0.05) is 37.9 Å². The first-order valence-electron chi connectivity index (χ1n) is 14.5. The summed E-state index contributed by atoms with van der Waals surface area (Å²) in [6.07, 6.45) is -4.86. The molecule has 48 heavy (non-hydrogen) atoms. The Labute approximate surface area is 275 Å². The number of aryl methyl sites for hydroxylation is 1. The third-order valence-electron chi connectivity index (χ3n) is 8.16. The molecule has 1 saturated heterocycles. The molecule has 2 aliphatic heterocycles. The fourth-order valence-electron chi connectivity index (χ4n) is 5.90. The highest BCUT2D eigenvalue weighted by Crippen LogP contribution is 2.50. The third kappa shape index (κ3) is 5.58. The maximum Gasteiger partial charge on any atom is 0.422 e. The molecule has 9 nitrogen and oxygen atoms in total. The van der Waals surface area contributed by atoms with Gasteiger partial charge in [0.1, 0.15) is 23.0 Å². The largest absolute Gasteiger partial charge is 0.504 e. The van der Waals surface area contributed by atoms with Gasteiger partial charge in [0.15, 0.2) is 23.6 Å². The number of hydrogen-bond donors (Lipinski definition) is 2. The predicted octanol–water partition coefficient (Wildman–Crippen LogP) is 6.41. The van der Waals surface area contributed by atoms with Gasteiger partial charge in [-0.2, -0.15) is 22.8 Å². The Hall–Kier alpha value is -4.81. The topological polar surface area (TPSA) is 117 Å². The van der Waals surface area contributed by atoms with Gasteiger partial charge in [-0.3, -0.25) is 14.7 Å². The number of carbonyl (C=O) groups is 1. The lowest BCUT2D eigenvalue weighted by Crippen LogP contribution is -2.49. The number of rotatable bonds is 5. The zero-order chi connectivity index (χ0) is 35.4. The summed E-state index contributed by atoms with van der Waals surface area (Å²) < 4.78 is 85.8. The number of alkyl halides is 3. The smallest absolute Gasteiger partial charge is 0.422 e. The average Bonchev–Trinajstić information content (AvgIpc) is 3.03. The summed E-state index contributed by atoms with van der Waals surface area (Å²) in [5, 5.41) is 32.1. The highest BCUT2D eigenvalue weighted by atomic mass is 35.5. The Morgan fingerprint density at radius 2 is 1.81 bits per heavy atom. The third-order valence-corrected chi connectivity index (χ3v) is 8.45. The fourth-order valence-corrected chi connectivity index (χ4v) is 6.15. The molecule has 0 saturated carbocycles. The summed E-state index contributed by atoms with van der Waals surface area (Å²) in [6, 6.07) is 4.74. The number of carbonyl (C=O) groups excluding carboxylic acids is 1. The highest BCUT2D eigenvalue weighted by molar-refractivity contribution is 6.33. The number of aliphatic hydroxyl groups excluding tert-OH is 1. The average molecular weight is 693 g/mol. The normalized spacial score (nSPS) is 16.7. The van der Waals surface area contributed by atoms with Gasteiger partial charge in [-0.25, -0.2) is 13.8 Å². The van der Waals surface area contributed by atoms with E-state index in [4.69, 9.17) is 11.6 Å². The summed E-state index contributed by atoms with van der Waals surface area (Å²) in [4.78, 5) is 25.3. The van der Waals surface area contributed by atoms with Crippen molar-refractivity contribution in [3.63, 3.8) is 0 Å². The molecule has 3 aromatic rings. The maximum absolute atomic E-state index is 15.6. The standard InChI is InChI=1S/C32H27ClF6N6O3/c1-5-19(46)43-8-10-44(11-9-43)28-16-12-18(33)26(20-22(34)21(32(37,38)39)23(35)24(36)29(20)47)42-30(16)45(31(48)17(28)13-40)27-15(4)6-7-41-25(27)14(2)3/h5-7,12,14,31,47-48H,1,8-11H2,2-4H3. The number of phenolic OH excluding ortho intramolecular Hbond substituents is 1. The number of aliphatic hydroxyl groups is 1. The minimum Gasteiger partial charge on any atom is -0.504 e. The number of aromatic hydroxyl groups is 1. The number of fused-ring (bicyclic) bond motifs is 1. The van der Waals surface area contributed by atoms with Gasteiger partial charge in [-0.15, -0.1) is 0 Å².